The molecule has 0 amide bonds. The average molecular weight is 356 g/mol. The van der Waals surface area contributed by atoms with Crippen molar-refractivity contribution in [3.05, 3.63) is 55.3 Å². The SMILES string of the molecule is C=CC(=C)OP1OCC2(CO1)COP(Oc1ccccc1)OC2. The topological polar surface area (TPSA) is 55.4 Å². The first kappa shape index (κ1) is 16.8. The van der Waals surface area contributed by atoms with Crippen LogP contribution in [0.25, 0.3) is 0 Å². The fourth-order valence-corrected chi connectivity index (χ4v) is 4.33. The molecule has 6 nitrogen and oxygen atoms in total. The molecule has 124 valence electrons. The molecule has 2 heterocycles. The number of benzene rings is 1. The Labute approximate surface area is 138 Å². The highest BCUT2D eigenvalue weighted by atomic mass is 31.2. The lowest BCUT2D eigenvalue weighted by molar-refractivity contribution is -0.0693. The summed E-state index contributed by atoms with van der Waals surface area (Å²) in [6.07, 6.45) is 1.51. The van der Waals surface area contributed by atoms with Crippen LogP contribution in [0.5, 0.6) is 5.75 Å². The van der Waals surface area contributed by atoms with Crippen LogP contribution in [0.1, 0.15) is 0 Å². The molecule has 1 spiro atoms. The molecule has 0 aromatic heterocycles. The minimum Gasteiger partial charge on any atom is -0.427 e. The zero-order valence-corrected chi connectivity index (χ0v) is 14.3. The Hall–Kier alpha value is -1.00. The van der Waals surface area contributed by atoms with Crippen LogP contribution in [0.4, 0.5) is 0 Å². The zero-order valence-electron chi connectivity index (χ0n) is 12.6. The van der Waals surface area contributed by atoms with Crippen molar-refractivity contribution in [1.29, 1.82) is 0 Å². The molecule has 2 fully saturated rings. The first-order chi connectivity index (χ1) is 11.2. The molecule has 0 atom stereocenters. The third-order valence-electron chi connectivity index (χ3n) is 3.25. The lowest BCUT2D eigenvalue weighted by atomic mass is 9.93. The van der Waals surface area contributed by atoms with Crippen LogP contribution in [-0.4, -0.2) is 26.4 Å². The van der Waals surface area contributed by atoms with Crippen LogP contribution < -0.4 is 4.52 Å². The van der Waals surface area contributed by atoms with Gasteiger partial charge in [-0.05, 0) is 18.2 Å². The summed E-state index contributed by atoms with van der Waals surface area (Å²) in [6, 6.07) is 9.46. The zero-order chi connectivity index (χ0) is 16.1. The molecule has 0 N–H and O–H groups in total. The van der Waals surface area contributed by atoms with Crippen molar-refractivity contribution in [3.63, 3.8) is 0 Å². The van der Waals surface area contributed by atoms with E-state index in [4.69, 9.17) is 27.1 Å². The van der Waals surface area contributed by atoms with Crippen molar-refractivity contribution in [2.45, 2.75) is 0 Å². The van der Waals surface area contributed by atoms with Gasteiger partial charge in [0, 0.05) is 0 Å². The summed E-state index contributed by atoms with van der Waals surface area (Å²) in [4.78, 5) is 0. The molecule has 0 aliphatic carbocycles. The minimum atomic E-state index is -1.43. The number of allylic oxidation sites excluding steroid dienone is 1. The highest BCUT2D eigenvalue weighted by Gasteiger charge is 2.44. The molecule has 0 radical (unpaired) electrons. The second-order valence-corrected chi connectivity index (χ2v) is 7.50. The standard InChI is InChI=1S/C15H18O6P2/c1-3-13(2)20-22-16-9-15(10-17-22)11-18-23(19-12-15)21-14-7-5-4-6-8-14/h3-8H,1-2,9-12H2. The smallest absolute Gasteiger partial charge is 0.397 e. The predicted molar refractivity (Wildman–Crippen MR) is 87.6 cm³/mol. The molecule has 2 saturated heterocycles. The molecule has 1 aromatic rings. The molecule has 0 unspecified atom stereocenters. The summed E-state index contributed by atoms with van der Waals surface area (Å²) >= 11 is 0. The van der Waals surface area contributed by atoms with E-state index in [1.54, 1.807) is 0 Å². The van der Waals surface area contributed by atoms with E-state index in [1.807, 2.05) is 30.3 Å². The number of hydrogen-bond acceptors (Lipinski definition) is 6. The minimum absolute atomic E-state index is 0.323. The normalized spacial score (nSPS) is 30.6. The summed E-state index contributed by atoms with van der Waals surface area (Å²) in [5.41, 5.74) is -0.323. The molecule has 2 aliphatic heterocycles. The van der Waals surface area contributed by atoms with Gasteiger partial charge in [-0.1, -0.05) is 31.4 Å². The van der Waals surface area contributed by atoms with Gasteiger partial charge in [0.25, 0.3) is 0 Å². The molecule has 23 heavy (non-hydrogen) atoms. The summed E-state index contributed by atoms with van der Waals surface area (Å²) in [5.74, 6) is 1.16. The van der Waals surface area contributed by atoms with Crippen molar-refractivity contribution in [1.82, 2.24) is 0 Å². The summed E-state index contributed by atoms with van der Waals surface area (Å²) in [7, 11) is -2.82. The van der Waals surface area contributed by atoms with Crippen LogP contribution in [0.2, 0.25) is 0 Å². The maximum Gasteiger partial charge on any atom is 0.397 e. The number of hydrogen-bond donors (Lipinski definition) is 0. The first-order valence-corrected chi connectivity index (χ1v) is 9.22. The van der Waals surface area contributed by atoms with Crippen molar-refractivity contribution in [2.75, 3.05) is 26.4 Å². The summed E-state index contributed by atoms with van der Waals surface area (Å²) in [6.45, 7) is 9.04. The van der Waals surface area contributed by atoms with Crippen molar-refractivity contribution in [2.24, 2.45) is 5.41 Å². The molecule has 2 aliphatic rings. The fourth-order valence-electron chi connectivity index (χ4n) is 1.89. The van der Waals surface area contributed by atoms with Crippen LogP contribution in [0.3, 0.4) is 0 Å². The predicted octanol–water partition coefficient (Wildman–Crippen LogP) is 4.32. The van der Waals surface area contributed by atoms with E-state index in [-0.39, 0.29) is 5.41 Å². The highest BCUT2D eigenvalue weighted by Crippen LogP contribution is 2.53. The van der Waals surface area contributed by atoms with Gasteiger partial charge in [0.1, 0.15) is 11.5 Å². The van der Waals surface area contributed by atoms with Crippen molar-refractivity contribution >= 4 is 17.2 Å². The van der Waals surface area contributed by atoms with E-state index in [1.165, 1.54) is 6.08 Å². The van der Waals surface area contributed by atoms with Crippen molar-refractivity contribution < 1.29 is 27.1 Å². The van der Waals surface area contributed by atoms with Gasteiger partial charge < -0.3 is 27.1 Å². The van der Waals surface area contributed by atoms with Gasteiger partial charge in [-0.15, -0.1) is 0 Å². The number of rotatable bonds is 5. The van der Waals surface area contributed by atoms with Gasteiger partial charge in [-0.25, -0.2) is 0 Å². The van der Waals surface area contributed by atoms with Crippen LogP contribution in [0.15, 0.2) is 55.3 Å². The molecule has 8 heteroatoms. The van der Waals surface area contributed by atoms with Gasteiger partial charge in [-0.3, -0.25) is 0 Å². The third kappa shape index (κ3) is 4.51. The van der Waals surface area contributed by atoms with Crippen LogP contribution >= 0.6 is 17.2 Å². The van der Waals surface area contributed by atoms with Gasteiger partial charge in [0.05, 0.1) is 31.8 Å². The summed E-state index contributed by atoms with van der Waals surface area (Å²) < 4.78 is 33.7. The quantitative estimate of drug-likeness (QED) is 0.445. The molecular formula is C15H18O6P2. The first-order valence-electron chi connectivity index (χ1n) is 7.03. The maximum absolute atomic E-state index is 5.71. The monoisotopic (exact) mass is 356 g/mol. The molecule has 0 bridgehead atoms. The lowest BCUT2D eigenvalue weighted by Gasteiger charge is -2.41. The maximum atomic E-state index is 5.71. The largest absolute Gasteiger partial charge is 0.427 e. The van der Waals surface area contributed by atoms with Gasteiger partial charge >= 0.3 is 17.2 Å². The van der Waals surface area contributed by atoms with Gasteiger partial charge in [-0.2, -0.15) is 0 Å². The molecule has 1 aromatic carbocycles. The van der Waals surface area contributed by atoms with E-state index in [9.17, 15) is 0 Å². The third-order valence-corrected chi connectivity index (χ3v) is 5.35. The Morgan fingerprint density at radius 2 is 1.57 bits per heavy atom. The number of para-hydroxylation sites is 1. The Morgan fingerprint density at radius 1 is 1.00 bits per heavy atom. The Balaban J connectivity index is 1.46. The Bertz CT molecular complexity index is 534. The van der Waals surface area contributed by atoms with E-state index < -0.39 is 17.2 Å². The van der Waals surface area contributed by atoms with Crippen LogP contribution in [0, 0.1) is 5.41 Å². The fraction of sp³-hybridized carbons (Fsp3) is 0.333. The Kier molecular flexibility index (Phi) is 5.65. The molecule has 3 rings (SSSR count). The molecule has 0 saturated carbocycles. The summed E-state index contributed by atoms with van der Waals surface area (Å²) in [5, 5.41) is 0. The lowest BCUT2D eigenvalue weighted by Crippen LogP contribution is -2.44. The second-order valence-electron chi connectivity index (χ2n) is 5.21. The van der Waals surface area contributed by atoms with Gasteiger partial charge in [0.15, 0.2) is 0 Å². The molecular weight excluding hydrogens is 338 g/mol. The van der Waals surface area contributed by atoms with E-state index in [0.717, 1.165) is 5.75 Å². The second kappa shape index (κ2) is 7.71. The van der Waals surface area contributed by atoms with E-state index in [0.29, 0.717) is 32.2 Å². The highest BCUT2D eigenvalue weighted by molar-refractivity contribution is 7.42. The average Bonchev–Trinajstić information content (AvgIpc) is 2.60. The van der Waals surface area contributed by atoms with E-state index >= 15 is 0 Å². The van der Waals surface area contributed by atoms with Crippen molar-refractivity contribution in [3.8, 4) is 5.75 Å². The van der Waals surface area contributed by atoms with Gasteiger partial charge in [0.2, 0.25) is 0 Å². The Morgan fingerprint density at radius 3 is 2.13 bits per heavy atom. The van der Waals surface area contributed by atoms with Crippen LogP contribution in [-0.2, 0) is 22.6 Å². The van der Waals surface area contributed by atoms with E-state index in [2.05, 4.69) is 13.2 Å².